The highest BCUT2D eigenvalue weighted by molar-refractivity contribution is 6.05. The van der Waals surface area contributed by atoms with Crippen LogP contribution in [0.4, 0.5) is 5.69 Å². The molecule has 0 aromatic heterocycles. The summed E-state index contributed by atoms with van der Waals surface area (Å²) in [6.07, 6.45) is 4.16. The molecule has 4 atom stereocenters. The normalized spacial score (nSPS) is 32.2. The molecule has 0 unspecified atom stereocenters. The molecule has 0 amide bonds. The number of hydrogen-bond acceptors (Lipinski definition) is 2. The van der Waals surface area contributed by atoms with Crippen LogP contribution in [0.1, 0.15) is 24.8 Å². The number of hydrogen-bond donors (Lipinski definition) is 0. The molecule has 2 bridgehead atoms. The molecule has 0 radical (unpaired) electrons. The van der Waals surface area contributed by atoms with Crippen LogP contribution in [0.3, 0.4) is 0 Å². The maximum absolute atomic E-state index is 5.10. The number of rotatable bonds is 2. The van der Waals surface area contributed by atoms with E-state index in [-0.39, 0.29) is 0 Å². The smallest absolute Gasteiger partial charge is 0.0737 e. The molecule has 2 aromatic rings. The minimum absolute atomic E-state index is 0.580. The number of nitrogens with zero attached hydrogens (tertiary/aromatic N) is 2. The molecule has 110 valence electrons. The predicted molar refractivity (Wildman–Crippen MR) is 90.0 cm³/mol. The lowest BCUT2D eigenvalue weighted by Gasteiger charge is -2.31. The number of hydrazone groups is 1. The Hall–Kier alpha value is -2.09. The fraction of sp³-hybridized carbons (Fsp3) is 0.350. The summed E-state index contributed by atoms with van der Waals surface area (Å²) in [5, 5.41) is 7.43. The quantitative estimate of drug-likeness (QED) is 0.803. The Kier molecular flexibility index (Phi) is 2.66. The van der Waals surface area contributed by atoms with Crippen LogP contribution in [0.5, 0.6) is 0 Å². The van der Waals surface area contributed by atoms with E-state index in [2.05, 4.69) is 65.7 Å². The minimum atomic E-state index is 0.580. The van der Waals surface area contributed by atoms with Gasteiger partial charge in [0.2, 0.25) is 0 Å². The van der Waals surface area contributed by atoms with E-state index in [9.17, 15) is 0 Å². The van der Waals surface area contributed by atoms with E-state index in [1.165, 1.54) is 36.2 Å². The van der Waals surface area contributed by atoms with E-state index in [0.29, 0.717) is 12.0 Å². The van der Waals surface area contributed by atoms with Gasteiger partial charge < -0.3 is 0 Å². The van der Waals surface area contributed by atoms with E-state index < -0.39 is 0 Å². The van der Waals surface area contributed by atoms with Gasteiger partial charge in [-0.25, -0.2) is 0 Å². The number of para-hydroxylation sites is 1. The third kappa shape index (κ3) is 1.70. The Morgan fingerprint density at radius 3 is 2.27 bits per heavy atom. The van der Waals surface area contributed by atoms with Crippen LogP contribution >= 0.6 is 0 Å². The molecular weight excluding hydrogens is 268 g/mol. The van der Waals surface area contributed by atoms with E-state index in [0.717, 1.165) is 11.8 Å². The van der Waals surface area contributed by atoms with Gasteiger partial charge in [-0.2, -0.15) is 5.10 Å². The van der Waals surface area contributed by atoms with Crippen molar-refractivity contribution < 1.29 is 0 Å². The zero-order valence-electron chi connectivity index (χ0n) is 12.6. The van der Waals surface area contributed by atoms with Gasteiger partial charge in [0, 0.05) is 5.92 Å². The van der Waals surface area contributed by atoms with Gasteiger partial charge in [0.05, 0.1) is 17.4 Å². The Morgan fingerprint density at radius 1 is 0.818 bits per heavy atom. The zero-order valence-corrected chi connectivity index (χ0v) is 12.6. The van der Waals surface area contributed by atoms with Gasteiger partial charge in [-0.3, -0.25) is 5.01 Å². The van der Waals surface area contributed by atoms with Crippen LogP contribution in [0.15, 0.2) is 65.8 Å². The second-order valence-corrected chi connectivity index (χ2v) is 6.88. The molecule has 1 aliphatic heterocycles. The maximum atomic E-state index is 5.10. The molecule has 5 rings (SSSR count). The van der Waals surface area contributed by atoms with Crippen molar-refractivity contribution in [1.29, 1.82) is 0 Å². The molecule has 1 heterocycles. The van der Waals surface area contributed by atoms with Crippen molar-refractivity contribution in [1.82, 2.24) is 0 Å². The van der Waals surface area contributed by atoms with E-state index in [4.69, 9.17) is 5.10 Å². The zero-order chi connectivity index (χ0) is 14.5. The number of fused-ring (bicyclic) bond motifs is 5. The van der Waals surface area contributed by atoms with Gasteiger partial charge in [0.15, 0.2) is 0 Å². The molecule has 2 aliphatic carbocycles. The summed E-state index contributed by atoms with van der Waals surface area (Å²) in [7, 11) is 0. The summed E-state index contributed by atoms with van der Waals surface area (Å²) < 4.78 is 0. The molecule has 2 saturated carbocycles. The molecule has 0 spiro atoms. The lowest BCUT2D eigenvalue weighted by atomic mass is 9.80. The SMILES string of the molecule is c1ccc(C2=NN(c3ccccc3)[C@H]3[C@H]4CC[C@@H](C4)[C@@H]23)cc1. The van der Waals surface area contributed by atoms with Crippen molar-refractivity contribution in [3.05, 3.63) is 66.2 Å². The molecule has 2 nitrogen and oxygen atoms in total. The molecule has 2 aromatic carbocycles. The van der Waals surface area contributed by atoms with Gasteiger partial charge in [0.25, 0.3) is 0 Å². The number of anilines is 1. The first-order valence-electron chi connectivity index (χ1n) is 8.40. The van der Waals surface area contributed by atoms with Gasteiger partial charge in [0.1, 0.15) is 0 Å². The summed E-state index contributed by atoms with van der Waals surface area (Å²) in [5.41, 5.74) is 3.88. The van der Waals surface area contributed by atoms with Crippen LogP contribution in [0.2, 0.25) is 0 Å². The first-order chi connectivity index (χ1) is 10.9. The lowest BCUT2D eigenvalue weighted by molar-refractivity contribution is 0.364. The van der Waals surface area contributed by atoms with Crippen LogP contribution in [0.25, 0.3) is 0 Å². The van der Waals surface area contributed by atoms with Crippen molar-refractivity contribution in [3.63, 3.8) is 0 Å². The molecular formula is C20H20N2. The first-order valence-corrected chi connectivity index (χ1v) is 8.40. The van der Waals surface area contributed by atoms with Gasteiger partial charge >= 0.3 is 0 Å². The highest BCUT2D eigenvalue weighted by Gasteiger charge is 2.55. The standard InChI is InChI=1S/C20H20N2/c1-3-7-14(8-4-1)19-18-15-11-12-16(13-15)20(18)22(21-19)17-9-5-2-6-10-17/h1-10,15-16,18,20H,11-13H2/t15-,16-,18-,20-/m0/s1. The first kappa shape index (κ1) is 12.5. The van der Waals surface area contributed by atoms with Crippen LogP contribution in [-0.2, 0) is 0 Å². The molecule has 2 heteroatoms. The minimum Gasteiger partial charge on any atom is -0.261 e. The summed E-state index contributed by atoms with van der Waals surface area (Å²) in [5.74, 6) is 2.28. The molecule has 0 saturated heterocycles. The molecule has 2 fully saturated rings. The van der Waals surface area contributed by atoms with Crippen molar-refractivity contribution in [2.45, 2.75) is 25.3 Å². The third-order valence-electron chi connectivity index (χ3n) is 5.78. The molecule has 3 aliphatic rings. The van der Waals surface area contributed by atoms with Crippen molar-refractivity contribution >= 4 is 11.4 Å². The van der Waals surface area contributed by atoms with E-state index in [1.807, 2.05) is 0 Å². The summed E-state index contributed by atoms with van der Waals surface area (Å²) in [6, 6.07) is 22.1. The second kappa shape index (κ2) is 4.70. The van der Waals surface area contributed by atoms with E-state index >= 15 is 0 Å². The average molecular weight is 288 g/mol. The Bertz CT molecular complexity index is 707. The Balaban J connectivity index is 1.62. The van der Waals surface area contributed by atoms with Crippen LogP contribution in [0, 0.1) is 17.8 Å². The lowest BCUT2D eigenvalue weighted by Crippen LogP contribution is -2.38. The van der Waals surface area contributed by atoms with Gasteiger partial charge in [-0.15, -0.1) is 0 Å². The third-order valence-corrected chi connectivity index (χ3v) is 5.78. The van der Waals surface area contributed by atoms with E-state index in [1.54, 1.807) is 0 Å². The van der Waals surface area contributed by atoms with Crippen LogP contribution < -0.4 is 5.01 Å². The Labute approximate surface area is 131 Å². The number of benzene rings is 2. The van der Waals surface area contributed by atoms with Gasteiger partial charge in [-0.05, 0) is 48.8 Å². The second-order valence-electron chi connectivity index (χ2n) is 6.88. The van der Waals surface area contributed by atoms with Crippen LogP contribution in [-0.4, -0.2) is 11.8 Å². The summed E-state index contributed by atoms with van der Waals surface area (Å²) >= 11 is 0. The van der Waals surface area contributed by atoms with Crippen molar-refractivity contribution in [2.75, 3.05) is 5.01 Å². The monoisotopic (exact) mass is 288 g/mol. The molecule has 22 heavy (non-hydrogen) atoms. The van der Waals surface area contributed by atoms with Crippen molar-refractivity contribution in [2.24, 2.45) is 22.9 Å². The average Bonchev–Trinajstić information content (AvgIpc) is 3.29. The van der Waals surface area contributed by atoms with Crippen molar-refractivity contribution in [3.8, 4) is 0 Å². The molecule has 0 N–H and O–H groups in total. The fourth-order valence-corrected chi connectivity index (χ4v) is 4.92. The summed E-state index contributed by atoms with van der Waals surface area (Å²) in [6.45, 7) is 0. The highest BCUT2D eigenvalue weighted by atomic mass is 15.5. The highest BCUT2D eigenvalue weighted by Crippen LogP contribution is 2.54. The predicted octanol–water partition coefficient (Wildman–Crippen LogP) is 4.33. The van der Waals surface area contributed by atoms with Gasteiger partial charge in [-0.1, -0.05) is 48.5 Å². The Morgan fingerprint density at radius 2 is 1.50 bits per heavy atom. The fourth-order valence-electron chi connectivity index (χ4n) is 4.92. The summed E-state index contributed by atoms with van der Waals surface area (Å²) in [4.78, 5) is 0. The maximum Gasteiger partial charge on any atom is 0.0737 e. The topological polar surface area (TPSA) is 15.6 Å². The largest absolute Gasteiger partial charge is 0.261 e.